The van der Waals surface area contributed by atoms with Gasteiger partial charge in [-0.2, -0.15) is 4.98 Å². The molecular formula is C13H17ClN4O3. The van der Waals surface area contributed by atoms with Gasteiger partial charge in [-0.25, -0.2) is 14.8 Å². The summed E-state index contributed by atoms with van der Waals surface area (Å²) in [6.07, 6.45) is 1.37. The first-order chi connectivity index (χ1) is 10.0. The molecule has 7 nitrogen and oxygen atoms in total. The van der Waals surface area contributed by atoms with Crippen molar-refractivity contribution in [3.63, 3.8) is 0 Å². The molecule has 0 aromatic carbocycles. The van der Waals surface area contributed by atoms with Crippen molar-refractivity contribution < 1.29 is 14.3 Å². The second kappa shape index (κ2) is 6.26. The number of methoxy groups -OCH3 is 2. The maximum Gasteiger partial charge on any atom is 0.329 e. The first-order valence-electron chi connectivity index (χ1n) is 6.44. The van der Waals surface area contributed by atoms with Gasteiger partial charge in [0, 0.05) is 0 Å². The van der Waals surface area contributed by atoms with Crippen LogP contribution in [-0.4, -0.2) is 39.7 Å². The van der Waals surface area contributed by atoms with E-state index in [1.165, 1.54) is 20.5 Å². The monoisotopic (exact) mass is 312 g/mol. The Kier molecular flexibility index (Phi) is 4.62. The van der Waals surface area contributed by atoms with Gasteiger partial charge in [0.1, 0.15) is 18.2 Å². The average Bonchev–Trinajstić information content (AvgIpc) is 2.85. The predicted molar refractivity (Wildman–Crippen MR) is 77.3 cm³/mol. The fourth-order valence-electron chi connectivity index (χ4n) is 2.27. The van der Waals surface area contributed by atoms with Crippen molar-refractivity contribution in [3.8, 4) is 5.88 Å². The van der Waals surface area contributed by atoms with Crippen molar-refractivity contribution in [2.45, 2.75) is 25.8 Å². The number of hydrogen-bond donors (Lipinski definition) is 0. The molecule has 2 heterocycles. The van der Waals surface area contributed by atoms with E-state index in [2.05, 4.69) is 15.0 Å². The number of alkyl halides is 1. The summed E-state index contributed by atoms with van der Waals surface area (Å²) in [4.78, 5) is 24.8. The molecule has 0 N–H and O–H groups in total. The van der Waals surface area contributed by atoms with Crippen molar-refractivity contribution in [2.75, 3.05) is 14.2 Å². The van der Waals surface area contributed by atoms with Crippen molar-refractivity contribution in [1.82, 2.24) is 19.5 Å². The molecule has 0 radical (unpaired) electrons. The van der Waals surface area contributed by atoms with Gasteiger partial charge in [0.2, 0.25) is 5.88 Å². The molecule has 2 aromatic rings. The zero-order valence-electron chi connectivity index (χ0n) is 12.3. The molecule has 2 aromatic heterocycles. The zero-order chi connectivity index (χ0) is 15.6. The molecule has 21 heavy (non-hydrogen) atoms. The van der Waals surface area contributed by atoms with Crippen molar-refractivity contribution in [2.24, 2.45) is 5.92 Å². The van der Waals surface area contributed by atoms with Crippen LogP contribution in [0.4, 0.5) is 0 Å². The molecule has 8 heteroatoms. The molecule has 0 bridgehead atoms. The Morgan fingerprint density at radius 1 is 1.38 bits per heavy atom. The number of hydrogen-bond acceptors (Lipinski definition) is 6. The highest BCUT2D eigenvalue weighted by atomic mass is 35.5. The molecule has 114 valence electrons. The van der Waals surface area contributed by atoms with Crippen LogP contribution in [0.5, 0.6) is 5.88 Å². The Bertz CT molecular complexity index is 656. The largest absolute Gasteiger partial charge is 0.479 e. The number of fused-ring (bicyclic) bond motifs is 1. The number of carbonyl (C=O) groups is 1. The smallest absolute Gasteiger partial charge is 0.329 e. The SMILES string of the molecule is COC(=O)C(C(C)C)n1c(CCl)nc2c(OC)ncnc21. The fraction of sp³-hybridized carbons (Fsp3) is 0.538. The lowest BCUT2D eigenvalue weighted by atomic mass is 10.0. The quantitative estimate of drug-likeness (QED) is 0.620. The minimum absolute atomic E-state index is 0.0159. The van der Waals surface area contributed by atoms with Crippen LogP contribution in [0.3, 0.4) is 0 Å². The van der Waals surface area contributed by atoms with Gasteiger partial charge in [-0.05, 0) is 5.92 Å². The van der Waals surface area contributed by atoms with E-state index in [9.17, 15) is 4.79 Å². The third kappa shape index (κ3) is 2.65. The Morgan fingerprint density at radius 3 is 2.62 bits per heavy atom. The number of rotatable bonds is 5. The molecule has 1 unspecified atom stereocenters. The van der Waals surface area contributed by atoms with Crippen LogP contribution in [0.15, 0.2) is 6.33 Å². The predicted octanol–water partition coefficient (Wildman–Crippen LogP) is 1.94. The van der Waals surface area contributed by atoms with Crippen LogP contribution in [0.25, 0.3) is 11.2 Å². The van der Waals surface area contributed by atoms with E-state index in [1.807, 2.05) is 13.8 Å². The maximum absolute atomic E-state index is 12.1. The topological polar surface area (TPSA) is 79.1 Å². The highest BCUT2D eigenvalue weighted by molar-refractivity contribution is 6.16. The Balaban J connectivity index is 2.74. The summed E-state index contributed by atoms with van der Waals surface area (Å²) in [5.74, 6) is 0.623. The van der Waals surface area contributed by atoms with Crippen LogP contribution in [0.2, 0.25) is 0 Å². The van der Waals surface area contributed by atoms with E-state index < -0.39 is 6.04 Å². The summed E-state index contributed by atoms with van der Waals surface area (Å²) >= 11 is 5.97. The first-order valence-corrected chi connectivity index (χ1v) is 6.98. The normalized spacial score (nSPS) is 12.7. The minimum Gasteiger partial charge on any atom is -0.479 e. The van der Waals surface area contributed by atoms with E-state index in [1.54, 1.807) is 4.57 Å². The Hall–Kier alpha value is -1.89. The van der Waals surface area contributed by atoms with Crippen molar-refractivity contribution >= 4 is 28.7 Å². The number of halogens is 1. The number of aromatic nitrogens is 4. The van der Waals surface area contributed by atoms with Gasteiger partial charge in [0.15, 0.2) is 11.2 Å². The minimum atomic E-state index is -0.562. The molecule has 0 amide bonds. The highest BCUT2D eigenvalue weighted by Crippen LogP contribution is 2.29. The van der Waals surface area contributed by atoms with E-state index in [4.69, 9.17) is 21.1 Å². The summed E-state index contributed by atoms with van der Waals surface area (Å²) < 4.78 is 11.8. The van der Waals surface area contributed by atoms with Crippen LogP contribution in [-0.2, 0) is 15.4 Å². The number of carbonyl (C=O) groups excluding carboxylic acids is 1. The number of ether oxygens (including phenoxy) is 2. The van der Waals surface area contributed by atoms with Gasteiger partial charge in [-0.3, -0.25) is 4.57 Å². The van der Waals surface area contributed by atoms with Gasteiger partial charge < -0.3 is 9.47 Å². The van der Waals surface area contributed by atoms with Gasteiger partial charge in [-0.1, -0.05) is 13.8 Å². The first kappa shape index (κ1) is 15.5. The molecule has 0 spiro atoms. The molecule has 0 saturated carbocycles. The maximum atomic E-state index is 12.1. The highest BCUT2D eigenvalue weighted by Gasteiger charge is 2.30. The molecule has 2 rings (SSSR count). The van der Waals surface area contributed by atoms with Gasteiger partial charge in [-0.15, -0.1) is 11.6 Å². The lowest BCUT2D eigenvalue weighted by molar-refractivity contribution is -0.146. The average molecular weight is 313 g/mol. The number of nitrogens with zero attached hydrogens (tertiary/aromatic N) is 4. The molecule has 0 fully saturated rings. The van der Waals surface area contributed by atoms with E-state index >= 15 is 0 Å². The second-order valence-corrected chi connectivity index (χ2v) is 5.07. The van der Waals surface area contributed by atoms with Crippen LogP contribution < -0.4 is 4.74 Å². The lowest BCUT2D eigenvalue weighted by Crippen LogP contribution is -2.27. The molecular weight excluding hydrogens is 296 g/mol. The van der Waals surface area contributed by atoms with E-state index in [-0.39, 0.29) is 17.8 Å². The molecule has 1 atom stereocenters. The molecule has 0 aliphatic rings. The Labute approximate surface area is 127 Å². The van der Waals surface area contributed by atoms with Crippen molar-refractivity contribution in [3.05, 3.63) is 12.2 Å². The number of imidazole rings is 1. The zero-order valence-corrected chi connectivity index (χ0v) is 13.1. The molecule has 0 aliphatic heterocycles. The van der Waals surface area contributed by atoms with Gasteiger partial charge >= 0.3 is 5.97 Å². The van der Waals surface area contributed by atoms with Crippen molar-refractivity contribution in [1.29, 1.82) is 0 Å². The fourth-order valence-corrected chi connectivity index (χ4v) is 2.45. The van der Waals surface area contributed by atoms with Crippen LogP contribution >= 0.6 is 11.6 Å². The van der Waals surface area contributed by atoms with Crippen LogP contribution in [0.1, 0.15) is 25.7 Å². The lowest BCUT2D eigenvalue weighted by Gasteiger charge is -2.21. The summed E-state index contributed by atoms with van der Waals surface area (Å²) in [6, 6.07) is -0.562. The van der Waals surface area contributed by atoms with Crippen LogP contribution in [0, 0.1) is 5.92 Å². The summed E-state index contributed by atoms with van der Waals surface area (Å²) in [5, 5.41) is 0. The summed E-state index contributed by atoms with van der Waals surface area (Å²) in [6.45, 7) is 3.84. The van der Waals surface area contributed by atoms with Gasteiger partial charge in [0.05, 0.1) is 20.1 Å². The number of esters is 1. The van der Waals surface area contributed by atoms with E-state index in [0.717, 1.165) is 0 Å². The second-order valence-electron chi connectivity index (χ2n) is 4.80. The third-order valence-corrected chi connectivity index (χ3v) is 3.42. The third-order valence-electron chi connectivity index (χ3n) is 3.18. The Morgan fingerprint density at radius 2 is 2.10 bits per heavy atom. The summed E-state index contributed by atoms with van der Waals surface area (Å²) in [7, 11) is 2.86. The van der Waals surface area contributed by atoms with E-state index in [0.29, 0.717) is 22.9 Å². The molecule has 0 saturated heterocycles. The standard InChI is InChI=1S/C13H17ClN4O3/c1-7(2)10(13(19)21-4)18-8(5-14)17-9-11(18)15-6-16-12(9)20-3/h6-7,10H,5H2,1-4H3. The van der Waals surface area contributed by atoms with Gasteiger partial charge in [0.25, 0.3) is 0 Å². The summed E-state index contributed by atoms with van der Waals surface area (Å²) in [5.41, 5.74) is 0.979. The molecule has 0 aliphatic carbocycles.